The third-order valence-electron chi connectivity index (χ3n) is 3.38. The Morgan fingerprint density at radius 1 is 1.10 bits per heavy atom. The van der Waals surface area contributed by atoms with Crippen molar-refractivity contribution in [1.29, 1.82) is 0 Å². The number of hydrogen-bond donors (Lipinski definition) is 1. The number of nitrogens with one attached hydrogen (secondary N) is 1. The normalized spacial score (nSPS) is 11.0. The molecule has 0 fully saturated rings. The minimum absolute atomic E-state index is 0.406. The van der Waals surface area contributed by atoms with Gasteiger partial charge in [0.15, 0.2) is 11.6 Å². The van der Waals surface area contributed by atoms with Gasteiger partial charge >= 0.3 is 0 Å². The van der Waals surface area contributed by atoms with Gasteiger partial charge in [-0.2, -0.15) is 4.98 Å². The molecule has 0 aliphatic carbocycles. The van der Waals surface area contributed by atoms with Gasteiger partial charge in [0.1, 0.15) is 0 Å². The summed E-state index contributed by atoms with van der Waals surface area (Å²) in [4.78, 5) is 4.28. The first-order valence-electron chi connectivity index (χ1n) is 6.85. The van der Waals surface area contributed by atoms with Gasteiger partial charge in [0.25, 0.3) is 5.89 Å². The molecular formula is C16H17N3O2. The van der Waals surface area contributed by atoms with E-state index < -0.39 is 0 Å². The van der Waals surface area contributed by atoms with Gasteiger partial charge in [0.2, 0.25) is 0 Å². The second kappa shape index (κ2) is 5.93. The third kappa shape index (κ3) is 3.20. The van der Waals surface area contributed by atoms with Crippen LogP contribution in [0.3, 0.4) is 0 Å². The summed E-state index contributed by atoms with van der Waals surface area (Å²) < 4.78 is 10.4. The van der Waals surface area contributed by atoms with Crippen LogP contribution >= 0.6 is 0 Å². The first-order chi connectivity index (χ1) is 10.2. The number of aryl methyl sites for hydroxylation is 2. The van der Waals surface area contributed by atoms with Crippen molar-refractivity contribution in [2.24, 2.45) is 0 Å². The van der Waals surface area contributed by atoms with E-state index >= 15 is 0 Å². The lowest BCUT2D eigenvalue weighted by Gasteiger charge is -2.05. The Bertz CT molecular complexity index is 717. The van der Waals surface area contributed by atoms with Crippen LogP contribution in [0.1, 0.15) is 22.5 Å². The van der Waals surface area contributed by atoms with Crippen LogP contribution in [0, 0.1) is 13.8 Å². The number of hydrogen-bond acceptors (Lipinski definition) is 5. The van der Waals surface area contributed by atoms with Crippen LogP contribution in [0.4, 0.5) is 0 Å². The molecule has 0 aliphatic heterocycles. The summed E-state index contributed by atoms with van der Waals surface area (Å²) in [6, 6.07) is 10.0. The maximum atomic E-state index is 5.21. The fourth-order valence-corrected chi connectivity index (χ4v) is 2.06. The maximum absolute atomic E-state index is 5.21. The molecule has 3 aromatic rings. The Balaban J connectivity index is 1.57. The van der Waals surface area contributed by atoms with Crippen molar-refractivity contribution in [3.8, 4) is 11.7 Å². The molecule has 0 unspecified atom stereocenters. The highest BCUT2D eigenvalue weighted by molar-refractivity contribution is 5.42. The zero-order valence-corrected chi connectivity index (χ0v) is 12.1. The van der Waals surface area contributed by atoms with Crippen molar-refractivity contribution in [3.05, 3.63) is 59.1 Å². The Hall–Kier alpha value is -2.40. The van der Waals surface area contributed by atoms with E-state index in [-0.39, 0.29) is 0 Å². The first kappa shape index (κ1) is 13.6. The Labute approximate surface area is 123 Å². The molecule has 0 aliphatic rings. The molecule has 5 heteroatoms. The van der Waals surface area contributed by atoms with Crippen LogP contribution in [0.2, 0.25) is 0 Å². The molecule has 5 nitrogen and oxygen atoms in total. The number of benzene rings is 1. The number of aromatic nitrogens is 2. The fourth-order valence-electron chi connectivity index (χ4n) is 2.06. The molecule has 21 heavy (non-hydrogen) atoms. The molecule has 0 bridgehead atoms. The zero-order chi connectivity index (χ0) is 14.7. The summed E-state index contributed by atoms with van der Waals surface area (Å²) in [6.07, 6.45) is 1.58. The lowest BCUT2D eigenvalue weighted by Crippen LogP contribution is -2.13. The van der Waals surface area contributed by atoms with Crippen molar-refractivity contribution in [3.63, 3.8) is 0 Å². The smallest absolute Gasteiger partial charge is 0.293 e. The summed E-state index contributed by atoms with van der Waals surface area (Å²) in [5.41, 5.74) is 3.85. The van der Waals surface area contributed by atoms with Crippen molar-refractivity contribution >= 4 is 0 Å². The van der Waals surface area contributed by atoms with Gasteiger partial charge in [-0.05, 0) is 42.7 Å². The Morgan fingerprint density at radius 2 is 2.00 bits per heavy atom. The van der Waals surface area contributed by atoms with E-state index in [9.17, 15) is 0 Å². The molecular weight excluding hydrogens is 266 g/mol. The molecule has 2 heterocycles. The van der Waals surface area contributed by atoms with Gasteiger partial charge in [-0.25, -0.2) is 0 Å². The Morgan fingerprint density at radius 3 is 2.76 bits per heavy atom. The van der Waals surface area contributed by atoms with Gasteiger partial charge in [0.05, 0.1) is 12.8 Å². The quantitative estimate of drug-likeness (QED) is 0.778. The molecule has 0 atom stereocenters. The average Bonchev–Trinajstić information content (AvgIpc) is 3.13. The lowest BCUT2D eigenvalue weighted by atomic mass is 10.1. The van der Waals surface area contributed by atoms with Crippen molar-refractivity contribution < 1.29 is 8.94 Å². The summed E-state index contributed by atoms with van der Waals surface area (Å²) in [5.74, 6) is 1.61. The van der Waals surface area contributed by atoms with E-state index in [1.54, 1.807) is 18.4 Å². The van der Waals surface area contributed by atoms with Gasteiger partial charge < -0.3 is 14.3 Å². The zero-order valence-electron chi connectivity index (χ0n) is 12.1. The van der Waals surface area contributed by atoms with E-state index in [4.69, 9.17) is 8.94 Å². The Kier molecular flexibility index (Phi) is 3.83. The van der Waals surface area contributed by atoms with E-state index in [1.165, 1.54) is 16.7 Å². The summed E-state index contributed by atoms with van der Waals surface area (Å²) in [7, 11) is 0. The van der Waals surface area contributed by atoms with Crippen molar-refractivity contribution in [2.45, 2.75) is 26.9 Å². The van der Waals surface area contributed by atoms with E-state index in [2.05, 4.69) is 47.5 Å². The monoisotopic (exact) mass is 283 g/mol. The molecule has 0 saturated heterocycles. The van der Waals surface area contributed by atoms with E-state index in [1.807, 2.05) is 0 Å². The summed E-state index contributed by atoms with van der Waals surface area (Å²) >= 11 is 0. The highest BCUT2D eigenvalue weighted by Gasteiger charge is 2.10. The van der Waals surface area contributed by atoms with Gasteiger partial charge in [-0.1, -0.05) is 23.4 Å². The molecule has 1 aromatic carbocycles. The van der Waals surface area contributed by atoms with E-state index in [0.29, 0.717) is 24.0 Å². The molecule has 2 aromatic heterocycles. The molecule has 108 valence electrons. The number of rotatable bonds is 5. The standard InChI is InChI=1S/C16H17N3O2/c1-11-5-6-13(8-12(11)2)9-17-10-15-18-16(21-19-15)14-4-3-7-20-14/h3-8,17H,9-10H2,1-2H3. The maximum Gasteiger partial charge on any atom is 0.293 e. The average molecular weight is 283 g/mol. The van der Waals surface area contributed by atoms with Crippen LogP contribution in [-0.4, -0.2) is 10.1 Å². The van der Waals surface area contributed by atoms with E-state index in [0.717, 1.165) is 6.54 Å². The van der Waals surface area contributed by atoms with Crippen molar-refractivity contribution in [1.82, 2.24) is 15.5 Å². The summed E-state index contributed by atoms with van der Waals surface area (Å²) in [5, 5.41) is 7.23. The predicted octanol–water partition coefficient (Wildman–Crippen LogP) is 3.24. The van der Waals surface area contributed by atoms with Gasteiger partial charge in [-0.3, -0.25) is 0 Å². The number of furan rings is 1. The second-order valence-electron chi connectivity index (χ2n) is 5.02. The summed E-state index contributed by atoms with van der Waals surface area (Å²) in [6.45, 7) is 5.55. The molecule has 1 N–H and O–H groups in total. The van der Waals surface area contributed by atoms with Crippen LogP contribution in [-0.2, 0) is 13.1 Å². The minimum Gasteiger partial charge on any atom is -0.459 e. The topological polar surface area (TPSA) is 64.1 Å². The van der Waals surface area contributed by atoms with Crippen LogP contribution < -0.4 is 5.32 Å². The SMILES string of the molecule is Cc1ccc(CNCc2noc(-c3ccco3)n2)cc1C. The predicted molar refractivity (Wildman–Crippen MR) is 78.5 cm³/mol. The van der Waals surface area contributed by atoms with Crippen LogP contribution in [0.25, 0.3) is 11.7 Å². The molecule has 0 radical (unpaired) electrons. The fraction of sp³-hybridized carbons (Fsp3) is 0.250. The van der Waals surface area contributed by atoms with Crippen LogP contribution in [0.15, 0.2) is 45.5 Å². The highest BCUT2D eigenvalue weighted by atomic mass is 16.5. The molecule has 0 saturated carbocycles. The van der Waals surface area contributed by atoms with Crippen molar-refractivity contribution in [2.75, 3.05) is 0 Å². The lowest BCUT2D eigenvalue weighted by molar-refractivity contribution is 0.406. The largest absolute Gasteiger partial charge is 0.459 e. The number of nitrogens with zero attached hydrogens (tertiary/aromatic N) is 2. The second-order valence-corrected chi connectivity index (χ2v) is 5.02. The molecule has 0 amide bonds. The van der Waals surface area contributed by atoms with Crippen LogP contribution in [0.5, 0.6) is 0 Å². The third-order valence-corrected chi connectivity index (χ3v) is 3.38. The first-order valence-corrected chi connectivity index (χ1v) is 6.85. The highest BCUT2D eigenvalue weighted by Crippen LogP contribution is 2.17. The molecule has 3 rings (SSSR count). The molecule has 0 spiro atoms. The minimum atomic E-state index is 0.406. The van der Waals surface area contributed by atoms with Gasteiger partial charge in [0, 0.05) is 6.54 Å². The van der Waals surface area contributed by atoms with Gasteiger partial charge in [-0.15, -0.1) is 0 Å².